The van der Waals surface area contributed by atoms with Crippen molar-refractivity contribution in [2.24, 2.45) is 0 Å². The second-order valence-electron chi connectivity index (χ2n) is 4.22. The fraction of sp³-hybridized carbons (Fsp3) is 0.538. The number of nitrogens with zero attached hydrogens (tertiary/aromatic N) is 3. The summed E-state index contributed by atoms with van der Waals surface area (Å²) in [4.78, 5) is 6.09. The molecular weight excluding hydrogens is 228 g/mol. The lowest BCUT2D eigenvalue weighted by molar-refractivity contribution is 0.119. The first-order chi connectivity index (χ1) is 8.74. The third kappa shape index (κ3) is 5.73. The van der Waals surface area contributed by atoms with E-state index in [0.717, 1.165) is 25.3 Å². The van der Waals surface area contributed by atoms with Crippen molar-refractivity contribution < 1.29 is 4.74 Å². The summed E-state index contributed by atoms with van der Waals surface area (Å²) in [6.07, 6.45) is 1.63. The van der Waals surface area contributed by atoms with E-state index in [0.29, 0.717) is 18.8 Å². The molecule has 98 valence electrons. The van der Waals surface area contributed by atoms with Gasteiger partial charge in [0.1, 0.15) is 11.8 Å². The molecule has 1 heterocycles. The highest BCUT2D eigenvalue weighted by molar-refractivity contribution is 5.30. The standard InChI is InChI=1S/C13H20N4O/c1-17(2)7-9-18-8-6-15-11-12-4-3-5-16-13(12)10-14/h3-5,15H,6-9,11H2,1-2H3. The van der Waals surface area contributed by atoms with Crippen LogP contribution in [0.5, 0.6) is 0 Å². The summed E-state index contributed by atoms with van der Waals surface area (Å²) in [6, 6.07) is 5.83. The molecule has 18 heavy (non-hydrogen) atoms. The Kier molecular flexibility index (Phi) is 6.96. The van der Waals surface area contributed by atoms with Crippen LogP contribution in [0.2, 0.25) is 0 Å². The third-order valence-corrected chi connectivity index (χ3v) is 2.42. The number of pyridine rings is 1. The highest BCUT2D eigenvalue weighted by Crippen LogP contribution is 2.02. The number of likely N-dealkylation sites (N-methyl/N-ethyl adjacent to an activating group) is 1. The number of hydrogen-bond acceptors (Lipinski definition) is 5. The monoisotopic (exact) mass is 248 g/mol. The van der Waals surface area contributed by atoms with E-state index in [2.05, 4.69) is 21.3 Å². The van der Waals surface area contributed by atoms with Crippen molar-refractivity contribution in [3.63, 3.8) is 0 Å². The number of nitrogens with one attached hydrogen (secondary N) is 1. The Balaban J connectivity index is 2.13. The second-order valence-corrected chi connectivity index (χ2v) is 4.22. The maximum atomic E-state index is 8.87. The fourth-order valence-corrected chi connectivity index (χ4v) is 1.40. The zero-order valence-electron chi connectivity index (χ0n) is 11.0. The molecule has 1 N–H and O–H groups in total. The molecule has 0 amide bonds. The Bertz CT molecular complexity index is 387. The summed E-state index contributed by atoms with van der Waals surface area (Å²) in [7, 11) is 4.04. The number of nitriles is 1. The van der Waals surface area contributed by atoms with Crippen molar-refractivity contribution in [2.45, 2.75) is 6.54 Å². The summed E-state index contributed by atoms with van der Waals surface area (Å²) < 4.78 is 5.45. The number of ether oxygens (including phenoxy) is 1. The van der Waals surface area contributed by atoms with Crippen LogP contribution < -0.4 is 5.32 Å². The predicted molar refractivity (Wildman–Crippen MR) is 70.0 cm³/mol. The number of rotatable bonds is 8. The second kappa shape index (κ2) is 8.59. The van der Waals surface area contributed by atoms with Crippen LogP contribution in [0.3, 0.4) is 0 Å². The van der Waals surface area contributed by atoms with Gasteiger partial charge in [-0.15, -0.1) is 0 Å². The zero-order chi connectivity index (χ0) is 13.2. The average Bonchev–Trinajstić information content (AvgIpc) is 2.37. The van der Waals surface area contributed by atoms with Gasteiger partial charge in [0.25, 0.3) is 0 Å². The van der Waals surface area contributed by atoms with Gasteiger partial charge in [-0.2, -0.15) is 5.26 Å². The minimum Gasteiger partial charge on any atom is -0.379 e. The van der Waals surface area contributed by atoms with Gasteiger partial charge in [0.2, 0.25) is 0 Å². The molecule has 0 spiro atoms. The van der Waals surface area contributed by atoms with E-state index < -0.39 is 0 Å². The largest absolute Gasteiger partial charge is 0.379 e. The Morgan fingerprint density at radius 1 is 1.44 bits per heavy atom. The zero-order valence-corrected chi connectivity index (χ0v) is 11.0. The molecule has 0 aliphatic rings. The van der Waals surface area contributed by atoms with Gasteiger partial charge in [-0.05, 0) is 20.2 Å². The van der Waals surface area contributed by atoms with E-state index in [-0.39, 0.29) is 0 Å². The van der Waals surface area contributed by atoms with Crippen LogP contribution in [0.1, 0.15) is 11.3 Å². The summed E-state index contributed by atoms with van der Waals surface area (Å²) in [6.45, 7) is 3.77. The third-order valence-electron chi connectivity index (χ3n) is 2.42. The van der Waals surface area contributed by atoms with E-state index in [1.165, 1.54) is 0 Å². The summed E-state index contributed by atoms with van der Waals surface area (Å²) in [5.74, 6) is 0. The summed E-state index contributed by atoms with van der Waals surface area (Å²) in [5, 5.41) is 12.1. The highest BCUT2D eigenvalue weighted by Gasteiger charge is 2.00. The van der Waals surface area contributed by atoms with Crippen LogP contribution >= 0.6 is 0 Å². The first-order valence-corrected chi connectivity index (χ1v) is 6.01. The van der Waals surface area contributed by atoms with Crippen molar-refractivity contribution >= 4 is 0 Å². The van der Waals surface area contributed by atoms with E-state index in [1.54, 1.807) is 6.20 Å². The lowest BCUT2D eigenvalue weighted by Gasteiger charge is -2.10. The topological polar surface area (TPSA) is 61.2 Å². The molecule has 0 aliphatic heterocycles. The van der Waals surface area contributed by atoms with Crippen molar-refractivity contribution in [1.82, 2.24) is 15.2 Å². The van der Waals surface area contributed by atoms with E-state index in [1.807, 2.05) is 26.2 Å². The van der Waals surface area contributed by atoms with Gasteiger partial charge in [-0.25, -0.2) is 4.98 Å². The maximum absolute atomic E-state index is 8.87. The normalized spacial score (nSPS) is 10.6. The van der Waals surface area contributed by atoms with Gasteiger partial charge in [-0.3, -0.25) is 0 Å². The van der Waals surface area contributed by atoms with Crippen molar-refractivity contribution in [1.29, 1.82) is 5.26 Å². The molecule has 0 saturated heterocycles. The van der Waals surface area contributed by atoms with Gasteiger partial charge >= 0.3 is 0 Å². The Hall–Kier alpha value is -1.48. The molecular formula is C13H20N4O. The van der Waals surface area contributed by atoms with Crippen LogP contribution in [0, 0.1) is 11.3 Å². The molecule has 1 aromatic heterocycles. The van der Waals surface area contributed by atoms with Gasteiger partial charge in [0.05, 0.1) is 13.2 Å². The van der Waals surface area contributed by atoms with Crippen LogP contribution in [0.4, 0.5) is 0 Å². The predicted octanol–water partition coefficient (Wildman–Crippen LogP) is 0.621. The molecule has 5 nitrogen and oxygen atoms in total. The highest BCUT2D eigenvalue weighted by atomic mass is 16.5. The quantitative estimate of drug-likeness (QED) is 0.683. The first-order valence-electron chi connectivity index (χ1n) is 6.01. The fourth-order valence-electron chi connectivity index (χ4n) is 1.40. The van der Waals surface area contributed by atoms with Gasteiger partial charge in [0.15, 0.2) is 0 Å². The van der Waals surface area contributed by atoms with Crippen LogP contribution in [0.15, 0.2) is 18.3 Å². The number of hydrogen-bond donors (Lipinski definition) is 1. The molecule has 0 saturated carbocycles. The van der Waals surface area contributed by atoms with Crippen molar-refractivity contribution in [3.8, 4) is 6.07 Å². The Morgan fingerprint density at radius 2 is 2.28 bits per heavy atom. The van der Waals surface area contributed by atoms with Crippen LogP contribution in [-0.2, 0) is 11.3 Å². The Morgan fingerprint density at radius 3 is 3.00 bits per heavy atom. The molecule has 5 heteroatoms. The molecule has 1 rings (SSSR count). The smallest absolute Gasteiger partial charge is 0.144 e. The molecule has 0 fully saturated rings. The lowest BCUT2D eigenvalue weighted by Crippen LogP contribution is -2.23. The summed E-state index contributed by atoms with van der Waals surface area (Å²) >= 11 is 0. The SMILES string of the molecule is CN(C)CCOCCNCc1cccnc1C#N. The molecule has 0 unspecified atom stereocenters. The minimum atomic E-state index is 0.485. The van der Waals surface area contributed by atoms with E-state index >= 15 is 0 Å². The Labute approximate surface area is 108 Å². The van der Waals surface area contributed by atoms with Crippen LogP contribution in [0.25, 0.3) is 0 Å². The molecule has 0 aliphatic carbocycles. The van der Waals surface area contributed by atoms with Gasteiger partial charge < -0.3 is 15.0 Å². The first kappa shape index (κ1) is 14.6. The van der Waals surface area contributed by atoms with Crippen molar-refractivity contribution in [2.75, 3.05) is 40.4 Å². The minimum absolute atomic E-state index is 0.485. The average molecular weight is 248 g/mol. The maximum Gasteiger partial charge on any atom is 0.144 e. The molecule has 0 aromatic carbocycles. The molecule has 0 atom stereocenters. The summed E-state index contributed by atoms with van der Waals surface area (Å²) in [5.41, 5.74) is 1.41. The molecule has 1 aromatic rings. The van der Waals surface area contributed by atoms with Gasteiger partial charge in [0, 0.05) is 31.4 Å². The van der Waals surface area contributed by atoms with Crippen molar-refractivity contribution in [3.05, 3.63) is 29.6 Å². The lowest BCUT2D eigenvalue weighted by atomic mass is 10.2. The van der Waals surface area contributed by atoms with E-state index in [9.17, 15) is 0 Å². The molecule has 0 bridgehead atoms. The van der Waals surface area contributed by atoms with Crippen LogP contribution in [-0.4, -0.2) is 50.3 Å². The van der Waals surface area contributed by atoms with Gasteiger partial charge in [-0.1, -0.05) is 6.07 Å². The number of aromatic nitrogens is 1. The van der Waals surface area contributed by atoms with E-state index in [4.69, 9.17) is 10.00 Å². The molecule has 0 radical (unpaired) electrons.